The van der Waals surface area contributed by atoms with Crippen molar-refractivity contribution in [1.29, 1.82) is 15.8 Å². The molecule has 16 heavy (non-hydrogen) atoms. The van der Waals surface area contributed by atoms with Gasteiger partial charge in [0.25, 0.3) is 0 Å². The lowest BCUT2D eigenvalue weighted by Gasteiger charge is -1.86. The maximum absolute atomic E-state index is 8.67. The van der Waals surface area contributed by atoms with Gasteiger partial charge in [-0.1, -0.05) is 13.8 Å². The van der Waals surface area contributed by atoms with Crippen LogP contribution in [0.5, 0.6) is 0 Å². The SMILES string of the molecule is CC.C\C(C#N)=C/C=C(C#N)\C=C(/C)C#N. The lowest BCUT2D eigenvalue weighted by Crippen LogP contribution is -1.75. The van der Waals surface area contributed by atoms with Gasteiger partial charge in [0.2, 0.25) is 0 Å². The zero-order chi connectivity index (χ0) is 13.0. The number of rotatable bonds is 2. The third-order valence-corrected chi connectivity index (χ3v) is 1.37. The van der Waals surface area contributed by atoms with Crippen molar-refractivity contribution in [2.75, 3.05) is 0 Å². The number of nitriles is 3. The van der Waals surface area contributed by atoms with E-state index in [1.54, 1.807) is 19.9 Å². The van der Waals surface area contributed by atoms with Crippen LogP contribution >= 0.6 is 0 Å². The summed E-state index contributed by atoms with van der Waals surface area (Å²) in [6.45, 7) is 7.26. The van der Waals surface area contributed by atoms with Gasteiger partial charge in [-0.3, -0.25) is 0 Å². The first-order valence-electron chi connectivity index (χ1n) is 4.91. The lowest BCUT2D eigenvalue weighted by molar-refractivity contribution is 1.41. The maximum Gasteiger partial charge on any atom is 0.0991 e. The Bertz CT molecular complexity index is 418. The number of hydrogen-bond acceptors (Lipinski definition) is 3. The highest BCUT2D eigenvalue weighted by Crippen LogP contribution is 2.02. The van der Waals surface area contributed by atoms with Gasteiger partial charge in [-0.05, 0) is 32.1 Å². The zero-order valence-electron chi connectivity index (χ0n) is 10.1. The van der Waals surface area contributed by atoms with Gasteiger partial charge in [-0.15, -0.1) is 0 Å². The minimum Gasteiger partial charge on any atom is -0.193 e. The molecule has 3 heteroatoms. The summed E-state index contributed by atoms with van der Waals surface area (Å²) >= 11 is 0. The van der Waals surface area contributed by atoms with Crippen molar-refractivity contribution >= 4 is 0 Å². The predicted octanol–water partition coefficient (Wildman–Crippen LogP) is 3.40. The van der Waals surface area contributed by atoms with E-state index in [0.717, 1.165) is 0 Å². The second-order valence-corrected chi connectivity index (χ2v) is 2.63. The van der Waals surface area contributed by atoms with E-state index in [2.05, 4.69) is 0 Å². The highest BCUT2D eigenvalue weighted by atomic mass is 14.3. The maximum atomic E-state index is 8.67. The molecule has 0 rings (SSSR count). The predicted molar refractivity (Wildman–Crippen MR) is 63.8 cm³/mol. The molecule has 0 aliphatic rings. The summed E-state index contributed by atoms with van der Waals surface area (Å²) in [5.41, 5.74) is 1.33. The van der Waals surface area contributed by atoms with Crippen molar-refractivity contribution in [2.24, 2.45) is 0 Å². The van der Waals surface area contributed by atoms with E-state index in [1.807, 2.05) is 32.1 Å². The largest absolute Gasteiger partial charge is 0.193 e. The molecule has 0 saturated carbocycles. The molecule has 0 aromatic carbocycles. The van der Waals surface area contributed by atoms with E-state index in [9.17, 15) is 0 Å². The van der Waals surface area contributed by atoms with Crippen molar-refractivity contribution in [3.8, 4) is 18.2 Å². The Balaban J connectivity index is 0. The minimum absolute atomic E-state index is 0.360. The van der Waals surface area contributed by atoms with Gasteiger partial charge in [-0.25, -0.2) is 0 Å². The van der Waals surface area contributed by atoms with Crippen LogP contribution in [0.4, 0.5) is 0 Å². The molecule has 0 aliphatic carbocycles. The van der Waals surface area contributed by atoms with E-state index in [4.69, 9.17) is 15.8 Å². The van der Waals surface area contributed by atoms with Gasteiger partial charge in [0.15, 0.2) is 0 Å². The molecule has 0 heterocycles. The van der Waals surface area contributed by atoms with Crippen molar-refractivity contribution in [1.82, 2.24) is 0 Å². The monoisotopic (exact) mass is 213 g/mol. The Morgan fingerprint density at radius 2 is 1.31 bits per heavy atom. The highest BCUT2D eigenvalue weighted by molar-refractivity contribution is 5.42. The smallest absolute Gasteiger partial charge is 0.0991 e. The van der Waals surface area contributed by atoms with Crippen molar-refractivity contribution < 1.29 is 0 Å². The molecule has 3 nitrogen and oxygen atoms in total. The van der Waals surface area contributed by atoms with Gasteiger partial charge in [0, 0.05) is 11.1 Å². The average molecular weight is 213 g/mol. The van der Waals surface area contributed by atoms with E-state index >= 15 is 0 Å². The molecular formula is C13H15N3. The van der Waals surface area contributed by atoms with Crippen LogP contribution in [0.15, 0.2) is 34.9 Å². The standard InChI is InChI=1S/C11H9N3.C2H6/c1-9(6-12)3-4-11(8-14)5-10(2)7-13;1-2/h3-5H,1-2H3;1-2H3/b9-3+,10-5+,11-4+;. The molecule has 0 N–H and O–H groups in total. The summed E-state index contributed by atoms with van der Waals surface area (Å²) in [4.78, 5) is 0. The number of nitrogens with zero attached hydrogens (tertiary/aromatic N) is 3. The molecule has 0 unspecified atom stereocenters. The first-order valence-corrected chi connectivity index (χ1v) is 4.91. The van der Waals surface area contributed by atoms with E-state index in [-0.39, 0.29) is 0 Å². The normalized spacial score (nSPS) is 11.4. The Kier molecular flexibility index (Phi) is 10.9. The van der Waals surface area contributed by atoms with E-state index < -0.39 is 0 Å². The third kappa shape index (κ3) is 8.30. The van der Waals surface area contributed by atoms with E-state index in [0.29, 0.717) is 16.7 Å². The molecule has 0 spiro atoms. The van der Waals surface area contributed by atoms with Crippen LogP contribution in [0.1, 0.15) is 27.7 Å². The van der Waals surface area contributed by atoms with Crippen LogP contribution in [0.2, 0.25) is 0 Å². The third-order valence-electron chi connectivity index (χ3n) is 1.37. The molecule has 0 fully saturated rings. The van der Waals surface area contributed by atoms with Gasteiger partial charge in [-0.2, -0.15) is 15.8 Å². The molecule has 0 bridgehead atoms. The van der Waals surface area contributed by atoms with Gasteiger partial charge in [0.05, 0.1) is 23.8 Å². The number of allylic oxidation sites excluding steroid dienone is 6. The fourth-order valence-corrected chi connectivity index (χ4v) is 0.635. The molecule has 0 atom stereocenters. The fourth-order valence-electron chi connectivity index (χ4n) is 0.635. The molecule has 0 aromatic heterocycles. The van der Waals surface area contributed by atoms with Crippen molar-refractivity contribution in [3.63, 3.8) is 0 Å². The van der Waals surface area contributed by atoms with Gasteiger partial charge < -0.3 is 0 Å². The van der Waals surface area contributed by atoms with Gasteiger partial charge >= 0.3 is 0 Å². The Labute approximate surface area is 97.2 Å². The lowest BCUT2D eigenvalue weighted by atomic mass is 10.1. The van der Waals surface area contributed by atoms with Crippen molar-refractivity contribution in [3.05, 3.63) is 34.9 Å². The number of hydrogen-bond donors (Lipinski definition) is 0. The first kappa shape index (κ1) is 16.1. The highest BCUT2D eigenvalue weighted by Gasteiger charge is 1.90. The topological polar surface area (TPSA) is 71.4 Å². The summed E-state index contributed by atoms with van der Waals surface area (Å²) in [6, 6.07) is 5.77. The summed E-state index contributed by atoms with van der Waals surface area (Å²) < 4.78 is 0. The first-order chi connectivity index (χ1) is 7.63. The summed E-state index contributed by atoms with van der Waals surface area (Å²) in [5.74, 6) is 0. The fraction of sp³-hybridized carbons (Fsp3) is 0.308. The summed E-state index contributed by atoms with van der Waals surface area (Å²) in [7, 11) is 0. The Morgan fingerprint density at radius 1 is 0.812 bits per heavy atom. The van der Waals surface area contributed by atoms with Crippen LogP contribution in [0.3, 0.4) is 0 Å². The van der Waals surface area contributed by atoms with Crippen molar-refractivity contribution in [2.45, 2.75) is 27.7 Å². The second kappa shape index (κ2) is 10.8. The Hall–Kier alpha value is -2.31. The zero-order valence-corrected chi connectivity index (χ0v) is 10.1. The molecule has 0 aliphatic heterocycles. The molecule has 82 valence electrons. The second-order valence-electron chi connectivity index (χ2n) is 2.63. The minimum atomic E-state index is 0.360. The van der Waals surface area contributed by atoms with Crippen LogP contribution in [0.25, 0.3) is 0 Å². The van der Waals surface area contributed by atoms with Crippen LogP contribution in [-0.2, 0) is 0 Å². The molecule has 0 radical (unpaired) electrons. The molecule has 0 saturated heterocycles. The van der Waals surface area contributed by atoms with E-state index in [1.165, 1.54) is 12.2 Å². The van der Waals surface area contributed by atoms with Crippen LogP contribution in [0, 0.1) is 34.0 Å². The van der Waals surface area contributed by atoms with Gasteiger partial charge in [0.1, 0.15) is 0 Å². The summed E-state index contributed by atoms with van der Waals surface area (Å²) in [5, 5.41) is 25.6. The molecule has 0 amide bonds. The quantitative estimate of drug-likeness (QED) is 0.521. The average Bonchev–Trinajstić information content (AvgIpc) is 2.35. The van der Waals surface area contributed by atoms with Crippen LogP contribution < -0.4 is 0 Å². The molecule has 0 aromatic rings. The van der Waals surface area contributed by atoms with Crippen LogP contribution in [-0.4, -0.2) is 0 Å². The Morgan fingerprint density at radius 3 is 1.69 bits per heavy atom. The summed E-state index contributed by atoms with van der Waals surface area (Å²) in [6.07, 6.45) is 4.53. The molecular weight excluding hydrogens is 198 g/mol.